The summed E-state index contributed by atoms with van der Waals surface area (Å²) in [5.74, 6) is 0.497. The summed E-state index contributed by atoms with van der Waals surface area (Å²) in [6.07, 6.45) is 8.21. The van der Waals surface area contributed by atoms with Crippen LogP contribution in [0.15, 0.2) is 95.6 Å². The highest BCUT2D eigenvalue weighted by Gasteiger charge is 2.35. The van der Waals surface area contributed by atoms with Crippen molar-refractivity contribution in [2.45, 2.75) is 102 Å². The molecule has 0 unspecified atom stereocenters. The molecule has 1 aromatic heterocycles. The van der Waals surface area contributed by atoms with Crippen LogP contribution in [0, 0.1) is 5.92 Å². The largest absolute Gasteiger partial charge is 0.464 e. The number of fused-ring (bicyclic) bond motifs is 1. The van der Waals surface area contributed by atoms with Crippen LogP contribution >= 0.6 is 12.4 Å². The number of nitrogens with two attached hydrogens (primary N) is 2. The van der Waals surface area contributed by atoms with Gasteiger partial charge in [-0.25, -0.2) is 0 Å². The molecule has 306 valence electrons. The van der Waals surface area contributed by atoms with Crippen LogP contribution in [0.4, 0.5) is 0 Å². The third-order valence-electron chi connectivity index (χ3n) is 10.9. The highest BCUT2D eigenvalue weighted by Crippen LogP contribution is 2.25. The van der Waals surface area contributed by atoms with Gasteiger partial charge < -0.3 is 42.1 Å². The molecule has 8 N–H and O–H groups in total. The van der Waals surface area contributed by atoms with Crippen molar-refractivity contribution in [3.8, 4) is 0 Å². The number of likely N-dealkylation sites (tertiary alicyclic amines) is 1. The second-order valence-corrected chi connectivity index (χ2v) is 16.2. The van der Waals surface area contributed by atoms with Gasteiger partial charge >= 0.3 is 0 Å². The summed E-state index contributed by atoms with van der Waals surface area (Å²) in [5, 5.41) is 15.6. The van der Waals surface area contributed by atoms with E-state index < -0.39 is 5.54 Å². The number of piperidine rings is 1. The monoisotopic (exact) mass is 787 g/mol. The quantitative estimate of drug-likeness (QED) is 0.0546. The number of furan rings is 1. The molecule has 56 heavy (non-hydrogen) atoms. The Labute approximate surface area is 340 Å². The molecule has 4 aromatic rings. The number of carbonyl (C=O) groups is 2. The zero-order chi connectivity index (χ0) is 39.0. The Bertz CT molecular complexity index is 1730. The highest BCUT2D eigenvalue weighted by atomic mass is 35.5. The van der Waals surface area contributed by atoms with Crippen LogP contribution in [0.2, 0.25) is 0 Å². The maximum absolute atomic E-state index is 14.1. The molecule has 0 radical (unpaired) electrons. The average Bonchev–Trinajstić information content (AvgIpc) is 3.66. The molecule has 0 spiro atoms. The molecule has 1 aliphatic rings. The molecule has 1 fully saturated rings. The molecule has 0 aliphatic carbocycles. The second kappa shape index (κ2) is 22.8. The summed E-state index contributed by atoms with van der Waals surface area (Å²) in [5.41, 5.74) is 15.9. The van der Waals surface area contributed by atoms with Crippen molar-refractivity contribution in [2.24, 2.45) is 17.4 Å². The fourth-order valence-corrected chi connectivity index (χ4v) is 7.64. The number of nitrogens with zero attached hydrogens (tertiary/aromatic N) is 1. The summed E-state index contributed by atoms with van der Waals surface area (Å²) in [6, 6.07) is 28.5. The maximum Gasteiger partial charge on any atom is 0.251 e. The van der Waals surface area contributed by atoms with Crippen LogP contribution in [0.3, 0.4) is 0 Å². The van der Waals surface area contributed by atoms with E-state index in [1.54, 1.807) is 12.3 Å². The van der Waals surface area contributed by atoms with Gasteiger partial charge in [-0.15, -0.1) is 12.4 Å². The van der Waals surface area contributed by atoms with Crippen molar-refractivity contribution in [3.63, 3.8) is 0 Å². The number of carbonyl (C=O) groups excluding carboxylic acids is 2. The van der Waals surface area contributed by atoms with Crippen LogP contribution in [-0.4, -0.2) is 85.7 Å². The van der Waals surface area contributed by atoms with E-state index in [2.05, 4.69) is 96.6 Å². The SMILES string of the molecule is CC(C)C[C@H](CN[C@H](CCCCN)C(=O)N1CCC(C)(NC(=O)c2ccc3ccoc3c2)CC1)NC[C@@H](Cc1ccccc1)NC[C@H](N)Cc1ccccc1.Cl. The van der Waals surface area contributed by atoms with E-state index in [4.69, 9.17) is 15.9 Å². The summed E-state index contributed by atoms with van der Waals surface area (Å²) in [4.78, 5) is 29.3. The minimum atomic E-state index is -0.406. The van der Waals surface area contributed by atoms with Gasteiger partial charge in [-0.2, -0.15) is 0 Å². The predicted octanol–water partition coefficient (Wildman–Crippen LogP) is 5.83. The third kappa shape index (κ3) is 14.3. The molecule has 4 atom stereocenters. The Morgan fingerprint density at radius 1 is 0.821 bits per heavy atom. The zero-order valence-electron chi connectivity index (χ0n) is 33.7. The van der Waals surface area contributed by atoms with E-state index in [0.29, 0.717) is 56.1 Å². The Morgan fingerprint density at radius 3 is 2.12 bits per heavy atom. The van der Waals surface area contributed by atoms with Gasteiger partial charge in [0.1, 0.15) is 5.58 Å². The smallest absolute Gasteiger partial charge is 0.251 e. The topological polar surface area (TPSA) is 151 Å². The van der Waals surface area contributed by atoms with E-state index in [1.807, 2.05) is 29.2 Å². The Morgan fingerprint density at radius 2 is 1.46 bits per heavy atom. The van der Waals surface area contributed by atoms with Gasteiger partial charge in [0.2, 0.25) is 5.91 Å². The highest BCUT2D eigenvalue weighted by molar-refractivity contribution is 5.98. The molecule has 1 saturated heterocycles. The molecule has 2 heterocycles. The number of unbranched alkanes of at least 4 members (excludes halogenated alkanes) is 1. The molecule has 1 aliphatic heterocycles. The summed E-state index contributed by atoms with van der Waals surface area (Å²) in [7, 11) is 0. The lowest BCUT2D eigenvalue weighted by molar-refractivity contribution is -0.135. The molecular weight excluding hydrogens is 722 g/mol. The van der Waals surface area contributed by atoms with Gasteiger partial charge in [-0.3, -0.25) is 9.59 Å². The van der Waals surface area contributed by atoms with E-state index in [-0.39, 0.29) is 48.4 Å². The van der Waals surface area contributed by atoms with E-state index in [9.17, 15) is 9.59 Å². The van der Waals surface area contributed by atoms with Crippen molar-refractivity contribution >= 4 is 35.2 Å². The number of amides is 2. The van der Waals surface area contributed by atoms with Gasteiger partial charge in [-0.1, -0.05) is 87.0 Å². The molecule has 0 bridgehead atoms. The number of rotatable bonds is 22. The van der Waals surface area contributed by atoms with Crippen LogP contribution in [0.5, 0.6) is 0 Å². The minimum Gasteiger partial charge on any atom is -0.464 e. The fourth-order valence-electron chi connectivity index (χ4n) is 7.64. The Balaban J connectivity index is 0.00000696. The first-order chi connectivity index (χ1) is 26.6. The van der Waals surface area contributed by atoms with Crippen LogP contribution in [0.25, 0.3) is 11.0 Å². The van der Waals surface area contributed by atoms with Crippen LogP contribution in [0.1, 0.15) is 80.8 Å². The summed E-state index contributed by atoms with van der Waals surface area (Å²) < 4.78 is 5.51. The predicted molar refractivity (Wildman–Crippen MR) is 231 cm³/mol. The standard InChI is InChI=1S/C45H65N7O3.ClH/c1-33(2)26-39(49-31-40(28-35-14-8-5-9-15-35)48-30-38(47)27-34-12-6-4-7-13-34)32-50-41(16-10-11-22-46)44(54)52-23-20-45(3,21-24-52)51-43(53)37-18-17-36-19-25-55-42(36)29-37;/h4-9,12-15,17-19,25,29,33,38-41,48-50H,10-11,16,20-24,26-28,30-32,46-47H2,1-3H3,(H,51,53);1H/t38-,39-,40-,41-;/m1./s1. The normalized spacial score (nSPS) is 16.2. The number of nitrogens with one attached hydrogen (secondary N) is 4. The number of hydrogen-bond donors (Lipinski definition) is 6. The van der Waals surface area contributed by atoms with Crippen molar-refractivity contribution in [1.82, 2.24) is 26.2 Å². The molecule has 5 rings (SSSR count). The van der Waals surface area contributed by atoms with Gasteiger partial charge in [0.05, 0.1) is 12.3 Å². The lowest BCUT2D eigenvalue weighted by atomic mass is 9.88. The Hall–Kier alpha value is -3.77. The van der Waals surface area contributed by atoms with E-state index >= 15 is 0 Å². The first-order valence-electron chi connectivity index (χ1n) is 20.4. The van der Waals surface area contributed by atoms with Crippen molar-refractivity contribution < 1.29 is 14.0 Å². The van der Waals surface area contributed by atoms with Gasteiger partial charge in [0.25, 0.3) is 5.91 Å². The number of benzene rings is 3. The van der Waals surface area contributed by atoms with Crippen molar-refractivity contribution in [1.29, 1.82) is 0 Å². The first-order valence-corrected chi connectivity index (χ1v) is 20.4. The number of halogens is 1. The van der Waals surface area contributed by atoms with Crippen LogP contribution < -0.4 is 32.7 Å². The lowest BCUT2D eigenvalue weighted by Gasteiger charge is -2.41. The minimum absolute atomic E-state index is 0. The number of hydrogen-bond acceptors (Lipinski definition) is 8. The van der Waals surface area contributed by atoms with E-state index in [1.165, 1.54) is 11.1 Å². The first kappa shape index (κ1) is 44.9. The fraction of sp³-hybridized carbons (Fsp3) is 0.511. The summed E-state index contributed by atoms with van der Waals surface area (Å²) >= 11 is 0. The molecule has 10 nitrogen and oxygen atoms in total. The average molecular weight is 789 g/mol. The molecular formula is C45H66ClN7O3. The van der Waals surface area contributed by atoms with Gasteiger partial charge in [0, 0.05) is 67.3 Å². The molecule has 0 saturated carbocycles. The lowest BCUT2D eigenvalue weighted by Crippen LogP contribution is -2.57. The van der Waals surface area contributed by atoms with Crippen molar-refractivity contribution in [2.75, 3.05) is 39.3 Å². The van der Waals surface area contributed by atoms with Crippen LogP contribution in [-0.2, 0) is 17.6 Å². The zero-order valence-corrected chi connectivity index (χ0v) is 34.5. The molecule has 11 heteroatoms. The van der Waals surface area contributed by atoms with Gasteiger partial charge in [-0.05, 0) is 93.7 Å². The van der Waals surface area contributed by atoms with E-state index in [0.717, 1.165) is 57.0 Å². The second-order valence-electron chi connectivity index (χ2n) is 16.2. The Kier molecular flexibility index (Phi) is 18.3. The molecule has 3 aromatic carbocycles. The summed E-state index contributed by atoms with van der Waals surface area (Å²) in [6.45, 7) is 10.6. The van der Waals surface area contributed by atoms with Gasteiger partial charge in [0.15, 0.2) is 0 Å². The molecule has 2 amide bonds. The third-order valence-corrected chi connectivity index (χ3v) is 10.9. The maximum atomic E-state index is 14.1. The van der Waals surface area contributed by atoms with Crippen molar-refractivity contribution in [3.05, 3.63) is 108 Å².